The second-order valence-corrected chi connectivity index (χ2v) is 5.62. The molecule has 2 heterocycles. The summed E-state index contributed by atoms with van der Waals surface area (Å²) in [6, 6.07) is 5.90. The van der Waals surface area contributed by atoms with Crippen molar-refractivity contribution in [2.24, 2.45) is 0 Å². The number of benzene rings is 1. The molecule has 5 heteroatoms. The standard InChI is InChI=1S/C14H19ClN2O2/c1-16-4-6-17(7-5-16)13-3-2-11(15)8-14(13)19-12-9-18-10-12/h2-3,8,12H,4-7,9-10H2,1H3. The number of nitrogens with zero attached hydrogens (tertiary/aromatic N) is 2. The Labute approximate surface area is 118 Å². The Morgan fingerprint density at radius 3 is 2.58 bits per heavy atom. The van der Waals surface area contributed by atoms with E-state index >= 15 is 0 Å². The van der Waals surface area contributed by atoms with Crippen LogP contribution in [0.1, 0.15) is 0 Å². The van der Waals surface area contributed by atoms with Crippen molar-refractivity contribution in [3.8, 4) is 5.75 Å². The molecular formula is C14H19ClN2O2. The number of anilines is 1. The molecular weight excluding hydrogens is 264 g/mol. The molecule has 0 aromatic heterocycles. The van der Waals surface area contributed by atoms with Crippen molar-refractivity contribution < 1.29 is 9.47 Å². The lowest BCUT2D eigenvalue weighted by Crippen LogP contribution is -2.45. The van der Waals surface area contributed by atoms with Gasteiger partial charge in [-0.2, -0.15) is 0 Å². The fourth-order valence-electron chi connectivity index (χ4n) is 2.35. The predicted molar refractivity (Wildman–Crippen MR) is 76.4 cm³/mol. The Morgan fingerprint density at radius 2 is 1.95 bits per heavy atom. The van der Waals surface area contributed by atoms with E-state index in [9.17, 15) is 0 Å². The molecule has 2 fully saturated rings. The summed E-state index contributed by atoms with van der Waals surface area (Å²) in [7, 11) is 2.16. The maximum absolute atomic E-state index is 6.09. The minimum absolute atomic E-state index is 0.171. The van der Waals surface area contributed by atoms with E-state index < -0.39 is 0 Å². The second kappa shape index (κ2) is 5.57. The predicted octanol–water partition coefficient (Wildman–Crippen LogP) is 1.87. The molecule has 2 aliphatic heterocycles. The summed E-state index contributed by atoms with van der Waals surface area (Å²) in [5.74, 6) is 0.880. The Balaban J connectivity index is 1.78. The van der Waals surface area contributed by atoms with Gasteiger partial charge < -0.3 is 19.3 Å². The zero-order chi connectivity index (χ0) is 13.2. The lowest BCUT2D eigenvalue weighted by atomic mass is 10.2. The van der Waals surface area contributed by atoms with Crippen LogP contribution < -0.4 is 9.64 Å². The van der Waals surface area contributed by atoms with Gasteiger partial charge in [-0.1, -0.05) is 11.6 Å². The van der Waals surface area contributed by atoms with Crippen LogP contribution in [0.2, 0.25) is 5.02 Å². The van der Waals surface area contributed by atoms with Crippen molar-refractivity contribution in [2.75, 3.05) is 51.3 Å². The number of hydrogen-bond donors (Lipinski definition) is 0. The minimum atomic E-state index is 0.171. The van der Waals surface area contributed by atoms with Crippen LogP contribution in [0.3, 0.4) is 0 Å². The third-order valence-corrected chi connectivity index (χ3v) is 3.90. The molecule has 2 aliphatic rings. The molecule has 2 saturated heterocycles. The zero-order valence-corrected chi connectivity index (χ0v) is 11.9. The van der Waals surface area contributed by atoms with Crippen LogP contribution in [0.4, 0.5) is 5.69 Å². The number of likely N-dealkylation sites (N-methyl/N-ethyl adjacent to an activating group) is 1. The molecule has 0 spiro atoms. The largest absolute Gasteiger partial charge is 0.483 e. The lowest BCUT2D eigenvalue weighted by Gasteiger charge is -2.36. The molecule has 0 radical (unpaired) electrons. The van der Waals surface area contributed by atoms with E-state index in [2.05, 4.69) is 22.9 Å². The van der Waals surface area contributed by atoms with Crippen molar-refractivity contribution in [3.05, 3.63) is 23.2 Å². The van der Waals surface area contributed by atoms with Gasteiger partial charge in [0.2, 0.25) is 0 Å². The zero-order valence-electron chi connectivity index (χ0n) is 11.1. The maximum Gasteiger partial charge on any atom is 0.145 e. The van der Waals surface area contributed by atoms with Crippen molar-refractivity contribution >= 4 is 17.3 Å². The highest BCUT2D eigenvalue weighted by atomic mass is 35.5. The summed E-state index contributed by atoms with van der Waals surface area (Å²) in [6.45, 7) is 5.55. The Bertz CT molecular complexity index is 443. The number of piperazine rings is 1. The first-order valence-electron chi connectivity index (χ1n) is 6.70. The van der Waals surface area contributed by atoms with Crippen molar-refractivity contribution in [1.82, 2.24) is 4.90 Å². The highest BCUT2D eigenvalue weighted by Crippen LogP contribution is 2.33. The van der Waals surface area contributed by atoms with E-state index in [0.29, 0.717) is 18.2 Å². The molecule has 0 atom stereocenters. The summed E-state index contributed by atoms with van der Waals surface area (Å²) in [5.41, 5.74) is 1.14. The molecule has 0 aliphatic carbocycles. The van der Waals surface area contributed by atoms with Gasteiger partial charge in [-0.05, 0) is 19.2 Å². The molecule has 0 bridgehead atoms. The molecule has 0 N–H and O–H groups in total. The lowest BCUT2D eigenvalue weighted by molar-refractivity contribution is -0.0795. The average molecular weight is 283 g/mol. The number of halogens is 1. The average Bonchev–Trinajstić information content (AvgIpc) is 2.35. The quantitative estimate of drug-likeness (QED) is 0.845. The first kappa shape index (κ1) is 13.0. The van der Waals surface area contributed by atoms with E-state index in [1.54, 1.807) is 0 Å². The van der Waals surface area contributed by atoms with Gasteiger partial charge in [0.15, 0.2) is 0 Å². The van der Waals surface area contributed by atoms with Gasteiger partial charge in [0, 0.05) is 37.3 Å². The molecule has 1 aromatic rings. The highest BCUT2D eigenvalue weighted by Gasteiger charge is 2.24. The van der Waals surface area contributed by atoms with Crippen LogP contribution in [0, 0.1) is 0 Å². The van der Waals surface area contributed by atoms with E-state index in [4.69, 9.17) is 21.1 Å². The Kier molecular flexibility index (Phi) is 3.82. The van der Waals surface area contributed by atoms with E-state index in [-0.39, 0.29) is 6.10 Å². The van der Waals surface area contributed by atoms with Crippen LogP contribution >= 0.6 is 11.6 Å². The van der Waals surface area contributed by atoms with Crippen LogP contribution in [0.5, 0.6) is 5.75 Å². The molecule has 0 saturated carbocycles. The monoisotopic (exact) mass is 282 g/mol. The van der Waals surface area contributed by atoms with Gasteiger partial charge in [-0.15, -0.1) is 0 Å². The molecule has 0 unspecified atom stereocenters. The smallest absolute Gasteiger partial charge is 0.145 e. The number of ether oxygens (including phenoxy) is 2. The maximum atomic E-state index is 6.09. The molecule has 3 rings (SSSR count). The van der Waals surface area contributed by atoms with Crippen LogP contribution in [0.15, 0.2) is 18.2 Å². The Hall–Kier alpha value is -0.970. The van der Waals surface area contributed by atoms with Gasteiger partial charge in [0.1, 0.15) is 11.9 Å². The Morgan fingerprint density at radius 1 is 1.21 bits per heavy atom. The molecule has 19 heavy (non-hydrogen) atoms. The fraction of sp³-hybridized carbons (Fsp3) is 0.571. The van der Waals surface area contributed by atoms with Gasteiger partial charge >= 0.3 is 0 Å². The topological polar surface area (TPSA) is 24.9 Å². The summed E-state index contributed by atoms with van der Waals surface area (Å²) in [4.78, 5) is 4.71. The van der Waals surface area contributed by atoms with Crippen LogP contribution in [0.25, 0.3) is 0 Å². The van der Waals surface area contributed by atoms with Gasteiger partial charge in [-0.3, -0.25) is 0 Å². The third-order valence-electron chi connectivity index (χ3n) is 3.67. The van der Waals surface area contributed by atoms with E-state index in [1.807, 2.05) is 12.1 Å². The number of rotatable bonds is 3. The van der Waals surface area contributed by atoms with Gasteiger partial charge in [0.05, 0.1) is 18.9 Å². The summed E-state index contributed by atoms with van der Waals surface area (Å²) in [6.07, 6.45) is 0.171. The van der Waals surface area contributed by atoms with Crippen LogP contribution in [-0.2, 0) is 4.74 Å². The number of hydrogen-bond acceptors (Lipinski definition) is 4. The molecule has 4 nitrogen and oxygen atoms in total. The van der Waals surface area contributed by atoms with Crippen LogP contribution in [-0.4, -0.2) is 57.4 Å². The third kappa shape index (κ3) is 2.96. The minimum Gasteiger partial charge on any atom is -0.483 e. The summed E-state index contributed by atoms with van der Waals surface area (Å²) in [5, 5.41) is 0.716. The summed E-state index contributed by atoms with van der Waals surface area (Å²) < 4.78 is 11.1. The van der Waals surface area contributed by atoms with Gasteiger partial charge in [0.25, 0.3) is 0 Å². The second-order valence-electron chi connectivity index (χ2n) is 5.18. The van der Waals surface area contributed by atoms with E-state index in [0.717, 1.165) is 37.6 Å². The molecule has 104 valence electrons. The van der Waals surface area contributed by atoms with Crippen molar-refractivity contribution in [3.63, 3.8) is 0 Å². The normalized spacial score (nSPS) is 21.3. The first-order chi connectivity index (χ1) is 9.22. The SMILES string of the molecule is CN1CCN(c2ccc(Cl)cc2OC2COC2)CC1. The summed E-state index contributed by atoms with van der Waals surface area (Å²) >= 11 is 6.09. The van der Waals surface area contributed by atoms with E-state index in [1.165, 1.54) is 0 Å². The molecule has 0 amide bonds. The molecule has 1 aromatic carbocycles. The fourth-order valence-corrected chi connectivity index (χ4v) is 2.51. The highest BCUT2D eigenvalue weighted by molar-refractivity contribution is 6.30. The van der Waals surface area contributed by atoms with Crippen molar-refractivity contribution in [2.45, 2.75) is 6.10 Å². The first-order valence-corrected chi connectivity index (χ1v) is 7.07. The van der Waals surface area contributed by atoms with Gasteiger partial charge in [-0.25, -0.2) is 0 Å². The van der Waals surface area contributed by atoms with Crippen molar-refractivity contribution in [1.29, 1.82) is 0 Å².